The molecule has 1 aromatic carbocycles. The van der Waals surface area contributed by atoms with E-state index in [1.807, 2.05) is 24.3 Å². The maximum Gasteiger partial charge on any atom is 0.125 e. The number of benzene rings is 1. The molecular weight excluding hydrogens is 258 g/mol. The van der Waals surface area contributed by atoms with E-state index in [1.54, 1.807) is 11.3 Å². The first-order chi connectivity index (χ1) is 7.76. The highest BCUT2D eigenvalue weighted by Gasteiger charge is 2.11. The molecule has 0 N–H and O–H groups in total. The van der Waals surface area contributed by atoms with Gasteiger partial charge < -0.3 is 0 Å². The summed E-state index contributed by atoms with van der Waals surface area (Å²) in [6.45, 7) is 2.11. The van der Waals surface area contributed by atoms with Crippen molar-refractivity contribution in [3.05, 3.63) is 39.9 Å². The number of aryl methyl sites for hydroxylation is 1. The minimum atomic E-state index is 0.741. The Kier molecular flexibility index (Phi) is 3.90. The van der Waals surface area contributed by atoms with E-state index in [-0.39, 0.29) is 0 Å². The van der Waals surface area contributed by atoms with Crippen LogP contribution in [0.2, 0.25) is 5.02 Å². The Morgan fingerprint density at radius 1 is 1.38 bits per heavy atom. The molecule has 0 fully saturated rings. The smallest absolute Gasteiger partial charge is 0.125 e. The lowest BCUT2D eigenvalue weighted by atomic mass is 10.2. The molecule has 84 valence electrons. The van der Waals surface area contributed by atoms with Crippen molar-refractivity contribution in [3.63, 3.8) is 0 Å². The molecule has 0 saturated carbocycles. The van der Waals surface area contributed by atoms with Crippen LogP contribution in [0.15, 0.2) is 24.3 Å². The zero-order valence-electron chi connectivity index (χ0n) is 8.90. The van der Waals surface area contributed by atoms with Crippen molar-refractivity contribution in [2.75, 3.05) is 0 Å². The van der Waals surface area contributed by atoms with Crippen LogP contribution in [-0.4, -0.2) is 4.98 Å². The molecule has 2 aromatic rings. The van der Waals surface area contributed by atoms with Crippen LogP contribution in [-0.2, 0) is 12.2 Å². The summed E-state index contributed by atoms with van der Waals surface area (Å²) in [6, 6.07) is 7.81. The Balaban J connectivity index is 2.49. The highest BCUT2D eigenvalue weighted by atomic mass is 35.5. The third kappa shape index (κ3) is 2.26. The Labute approximate surface area is 110 Å². The maximum absolute atomic E-state index is 6.15. The van der Waals surface area contributed by atoms with E-state index in [1.165, 1.54) is 4.88 Å². The van der Waals surface area contributed by atoms with Gasteiger partial charge in [-0.3, -0.25) is 0 Å². The first kappa shape index (κ1) is 12.0. The van der Waals surface area contributed by atoms with Crippen LogP contribution in [0.4, 0.5) is 0 Å². The van der Waals surface area contributed by atoms with E-state index in [4.69, 9.17) is 11.6 Å². The lowest BCUT2D eigenvalue weighted by Crippen LogP contribution is -1.85. The molecule has 0 aliphatic carbocycles. The standard InChI is InChI=1S/C12H12ClNS2/c1-2-10-11(7-15)16-12(14-10)8-5-3-4-6-9(8)13/h3-6,15H,2,7H2,1H3. The van der Waals surface area contributed by atoms with Crippen LogP contribution in [0.25, 0.3) is 10.6 Å². The highest BCUT2D eigenvalue weighted by Crippen LogP contribution is 2.33. The molecule has 0 unspecified atom stereocenters. The molecule has 0 saturated heterocycles. The van der Waals surface area contributed by atoms with Crippen LogP contribution in [0, 0.1) is 0 Å². The van der Waals surface area contributed by atoms with Gasteiger partial charge in [0.15, 0.2) is 0 Å². The quantitative estimate of drug-likeness (QED) is 0.812. The highest BCUT2D eigenvalue weighted by molar-refractivity contribution is 7.79. The first-order valence-electron chi connectivity index (χ1n) is 5.10. The van der Waals surface area contributed by atoms with Gasteiger partial charge in [-0.05, 0) is 12.5 Å². The molecule has 1 heterocycles. The van der Waals surface area contributed by atoms with Gasteiger partial charge in [-0.15, -0.1) is 11.3 Å². The number of thiol groups is 1. The second-order valence-corrected chi connectivity index (χ2v) is 5.19. The van der Waals surface area contributed by atoms with Gasteiger partial charge in [0.25, 0.3) is 0 Å². The molecule has 1 nitrogen and oxygen atoms in total. The van der Waals surface area contributed by atoms with E-state index in [2.05, 4.69) is 24.5 Å². The van der Waals surface area contributed by atoms with Gasteiger partial charge in [-0.25, -0.2) is 4.98 Å². The van der Waals surface area contributed by atoms with Crippen molar-refractivity contribution < 1.29 is 0 Å². The van der Waals surface area contributed by atoms with Crippen LogP contribution in [0.3, 0.4) is 0 Å². The van der Waals surface area contributed by atoms with Crippen LogP contribution in [0.1, 0.15) is 17.5 Å². The summed E-state index contributed by atoms with van der Waals surface area (Å²) in [5.41, 5.74) is 2.15. The van der Waals surface area contributed by atoms with Crippen LogP contribution >= 0.6 is 35.6 Å². The number of aromatic nitrogens is 1. The Bertz CT molecular complexity index is 472. The first-order valence-corrected chi connectivity index (χ1v) is 6.93. The summed E-state index contributed by atoms with van der Waals surface area (Å²) < 4.78 is 0. The average Bonchev–Trinajstić information content (AvgIpc) is 2.72. The Hall–Kier alpha value is -0.510. The molecule has 16 heavy (non-hydrogen) atoms. The third-order valence-corrected chi connectivity index (χ3v) is 4.35. The number of hydrogen-bond acceptors (Lipinski definition) is 3. The van der Waals surface area contributed by atoms with Gasteiger partial charge in [0.2, 0.25) is 0 Å². The molecule has 4 heteroatoms. The van der Waals surface area contributed by atoms with Crippen molar-refractivity contribution in [2.45, 2.75) is 19.1 Å². The average molecular weight is 270 g/mol. The van der Waals surface area contributed by atoms with Gasteiger partial charge in [0, 0.05) is 16.2 Å². The summed E-state index contributed by atoms with van der Waals surface area (Å²) in [7, 11) is 0. The third-order valence-electron chi connectivity index (χ3n) is 2.36. The summed E-state index contributed by atoms with van der Waals surface area (Å²) in [5.74, 6) is 0.741. The number of thiazole rings is 1. The van der Waals surface area contributed by atoms with E-state index in [9.17, 15) is 0 Å². The fraction of sp³-hybridized carbons (Fsp3) is 0.250. The van der Waals surface area contributed by atoms with Crippen molar-refractivity contribution in [2.24, 2.45) is 0 Å². The van der Waals surface area contributed by atoms with Crippen molar-refractivity contribution >= 4 is 35.6 Å². The zero-order valence-corrected chi connectivity index (χ0v) is 11.4. The van der Waals surface area contributed by atoms with E-state index < -0.39 is 0 Å². The lowest BCUT2D eigenvalue weighted by Gasteiger charge is -1.98. The Morgan fingerprint density at radius 2 is 2.12 bits per heavy atom. The fourth-order valence-corrected chi connectivity index (χ4v) is 3.24. The van der Waals surface area contributed by atoms with Gasteiger partial charge in [-0.2, -0.15) is 12.6 Å². The van der Waals surface area contributed by atoms with Crippen molar-refractivity contribution in [1.29, 1.82) is 0 Å². The molecule has 0 atom stereocenters. The molecule has 1 aromatic heterocycles. The predicted molar refractivity (Wildman–Crippen MR) is 74.6 cm³/mol. The number of rotatable bonds is 3. The Morgan fingerprint density at radius 3 is 2.69 bits per heavy atom. The summed E-state index contributed by atoms with van der Waals surface area (Å²) in [4.78, 5) is 5.85. The fourth-order valence-electron chi connectivity index (χ4n) is 1.53. The minimum absolute atomic E-state index is 0.741. The topological polar surface area (TPSA) is 12.9 Å². The van der Waals surface area contributed by atoms with Gasteiger partial charge >= 0.3 is 0 Å². The van der Waals surface area contributed by atoms with E-state index in [0.29, 0.717) is 0 Å². The number of halogens is 1. The largest absolute Gasteiger partial charge is 0.241 e. The molecule has 0 radical (unpaired) electrons. The van der Waals surface area contributed by atoms with Gasteiger partial charge in [0.1, 0.15) is 5.01 Å². The van der Waals surface area contributed by atoms with Crippen molar-refractivity contribution in [1.82, 2.24) is 4.98 Å². The summed E-state index contributed by atoms with van der Waals surface area (Å²) in [5, 5.41) is 1.75. The second kappa shape index (κ2) is 5.21. The summed E-state index contributed by atoms with van der Waals surface area (Å²) in [6.07, 6.45) is 0.941. The van der Waals surface area contributed by atoms with Crippen LogP contribution < -0.4 is 0 Å². The van der Waals surface area contributed by atoms with E-state index in [0.717, 1.165) is 33.5 Å². The molecule has 2 rings (SSSR count). The van der Waals surface area contributed by atoms with E-state index >= 15 is 0 Å². The number of nitrogens with zero attached hydrogens (tertiary/aromatic N) is 1. The molecule has 0 spiro atoms. The minimum Gasteiger partial charge on any atom is -0.241 e. The molecule has 0 aliphatic rings. The zero-order chi connectivity index (χ0) is 11.5. The van der Waals surface area contributed by atoms with Gasteiger partial charge in [0.05, 0.1) is 10.7 Å². The monoisotopic (exact) mass is 269 g/mol. The summed E-state index contributed by atoms with van der Waals surface area (Å²) >= 11 is 12.2. The normalized spacial score (nSPS) is 10.7. The maximum atomic E-state index is 6.15. The van der Waals surface area contributed by atoms with Crippen LogP contribution in [0.5, 0.6) is 0 Å². The molecule has 0 bridgehead atoms. The SMILES string of the molecule is CCc1nc(-c2ccccc2Cl)sc1CS. The second-order valence-electron chi connectivity index (χ2n) is 3.38. The van der Waals surface area contributed by atoms with Gasteiger partial charge in [-0.1, -0.05) is 36.7 Å². The molecule has 0 amide bonds. The molecular formula is C12H12ClNS2. The van der Waals surface area contributed by atoms with Crippen molar-refractivity contribution in [3.8, 4) is 10.6 Å². The molecule has 0 aliphatic heterocycles. The lowest BCUT2D eigenvalue weighted by molar-refractivity contribution is 1.04. The predicted octanol–water partition coefficient (Wildman–Crippen LogP) is 4.46. The number of hydrogen-bond donors (Lipinski definition) is 1.